The van der Waals surface area contributed by atoms with Gasteiger partial charge >= 0.3 is 20.1 Å². The predicted molar refractivity (Wildman–Crippen MR) is 211 cm³/mol. The van der Waals surface area contributed by atoms with E-state index in [0.717, 1.165) is 32.8 Å². The van der Waals surface area contributed by atoms with Crippen LogP contribution in [0.25, 0.3) is 55.4 Å². The molecule has 0 saturated heterocycles. The molecule has 0 N–H and O–H groups in total. The summed E-state index contributed by atoms with van der Waals surface area (Å²) in [4.78, 5) is 4.47. The van der Waals surface area contributed by atoms with Gasteiger partial charge in [0.05, 0.1) is 16.1 Å². The topological polar surface area (TPSA) is 26.0 Å². The summed E-state index contributed by atoms with van der Waals surface area (Å²) in [6.45, 7) is 6.34. The minimum Gasteiger partial charge on any atom is -0.510 e. The second kappa shape index (κ2) is 14.5. The molecule has 2 nitrogen and oxygen atoms in total. The molecular formula is C44H44IrNOSi2. The molecule has 5 aromatic carbocycles. The van der Waals surface area contributed by atoms with Crippen LogP contribution in [0, 0.1) is 38.8 Å². The van der Waals surface area contributed by atoms with Crippen molar-refractivity contribution in [1.29, 1.82) is 0 Å². The zero-order valence-corrected chi connectivity index (χ0v) is 32.9. The molecule has 2 aromatic heterocycles. The fourth-order valence-corrected chi connectivity index (χ4v) is 7.77. The molecule has 0 unspecified atom stereocenters. The number of fused-ring (bicyclic) bond motifs is 3. The third kappa shape index (κ3) is 7.97. The molecule has 0 aliphatic carbocycles. The second-order valence-corrected chi connectivity index (χ2v) is 24.2. The number of benzene rings is 5. The van der Waals surface area contributed by atoms with E-state index in [1.165, 1.54) is 17.3 Å². The molecule has 0 fully saturated rings. The summed E-state index contributed by atoms with van der Waals surface area (Å²) in [6, 6.07) is 38.4. The van der Waals surface area contributed by atoms with E-state index in [-0.39, 0.29) is 31.2 Å². The Labute approximate surface area is 320 Å². The van der Waals surface area contributed by atoms with Gasteiger partial charge in [-0.2, -0.15) is 35.9 Å². The van der Waals surface area contributed by atoms with E-state index in [2.05, 4.69) is 68.5 Å². The van der Waals surface area contributed by atoms with E-state index in [1.807, 2.05) is 48.7 Å². The number of aromatic nitrogens is 1. The van der Waals surface area contributed by atoms with Crippen molar-refractivity contribution in [3.63, 3.8) is 0 Å². The van der Waals surface area contributed by atoms with Crippen LogP contribution in [0.15, 0.2) is 108 Å². The first kappa shape index (κ1) is 26.0. The molecule has 0 radical (unpaired) electrons. The number of hydrogen-bond acceptors (Lipinski definition) is 2. The number of aryl methyl sites for hydroxylation is 3. The van der Waals surface area contributed by atoms with Crippen molar-refractivity contribution in [1.82, 2.24) is 4.98 Å². The third-order valence-corrected chi connectivity index (χ3v) is 12.5. The van der Waals surface area contributed by atoms with Crippen LogP contribution in [0.3, 0.4) is 0 Å². The van der Waals surface area contributed by atoms with Gasteiger partial charge in [0, 0.05) is 29.5 Å². The molecular weight excluding hydrogens is 807 g/mol. The maximum absolute atomic E-state index is 8.26. The normalized spacial score (nSPS) is 15.1. The predicted octanol–water partition coefficient (Wildman–Crippen LogP) is 11.1. The summed E-state index contributed by atoms with van der Waals surface area (Å²) in [6.07, 6.45) is 1.92. The van der Waals surface area contributed by atoms with Gasteiger partial charge in [-0.05, 0) is 34.9 Å². The van der Waals surface area contributed by atoms with Crippen LogP contribution in [-0.4, -0.2) is 21.1 Å². The number of pyridine rings is 1. The Balaban J connectivity index is 0.000000259. The number of furan rings is 1. The SMILES string of the molecule is [2H]C([2H])([2H])c1c[c-]c(-c2[c-]ccc3c2oc2ccccc23)cc1-c1ccc([Si](C)(C)C)cc1C([2H])([2H])[2H].[2H]C([2H])([2H])c1c[c-]c(-c2ccc([Si](C)(C)C)cn2)cc1.[Ir+3]. The standard InChI is InChI=1S/C29H26OSi.C15H18NSi.Ir/c1-19-13-14-21(18-27(19)23-16-15-22(17-20(23)2)31(3,4)5)24-10-8-11-26-25-9-6-7-12-28(25)30-29(24)26;1-12-5-7-13(8-6-12)15-10-9-14(11-16-15)17(2,3)4;/h6-9,11-13,15-18H,1-5H3;5-7,9-11H,1-4H3;/q-2;-1;+3/i1D3,2D3;1D3;. The van der Waals surface area contributed by atoms with Crippen molar-refractivity contribution in [2.24, 2.45) is 0 Å². The van der Waals surface area contributed by atoms with E-state index < -0.39 is 36.7 Å². The average Bonchev–Trinajstić information content (AvgIpc) is 3.52. The fraction of sp³-hybridized carbons (Fsp3) is 0.205. The summed E-state index contributed by atoms with van der Waals surface area (Å²) < 4.78 is 77.5. The zero-order valence-electron chi connectivity index (χ0n) is 37.5. The molecule has 0 bridgehead atoms. The Morgan fingerprint density at radius 3 is 2.08 bits per heavy atom. The van der Waals surface area contributed by atoms with E-state index in [0.29, 0.717) is 33.4 Å². The molecule has 0 atom stereocenters. The first-order chi connectivity index (χ1) is 26.4. The molecule has 248 valence electrons. The van der Waals surface area contributed by atoms with Crippen LogP contribution >= 0.6 is 0 Å². The minimum atomic E-state index is -2.46. The van der Waals surface area contributed by atoms with Crippen LogP contribution in [0.2, 0.25) is 39.3 Å². The Kier molecular flexibility index (Phi) is 7.72. The van der Waals surface area contributed by atoms with Gasteiger partial charge in [0.1, 0.15) is 5.58 Å². The first-order valence-electron chi connectivity index (χ1n) is 20.5. The van der Waals surface area contributed by atoms with Gasteiger partial charge in [-0.25, -0.2) is 5.56 Å². The zero-order chi connectivity index (χ0) is 41.7. The summed E-state index contributed by atoms with van der Waals surface area (Å²) in [5, 5.41) is 4.20. The Morgan fingerprint density at radius 2 is 1.41 bits per heavy atom. The number of rotatable bonds is 5. The van der Waals surface area contributed by atoms with Crippen molar-refractivity contribution in [2.45, 2.75) is 59.8 Å². The van der Waals surface area contributed by atoms with Crippen molar-refractivity contribution >= 4 is 48.5 Å². The molecule has 7 aromatic rings. The molecule has 5 heteroatoms. The second-order valence-electron chi connectivity index (χ2n) is 14.1. The number of hydrogen-bond donors (Lipinski definition) is 0. The van der Waals surface area contributed by atoms with Crippen LogP contribution in [0.4, 0.5) is 0 Å². The third-order valence-electron chi connectivity index (χ3n) is 8.45. The van der Waals surface area contributed by atoms with E-state index in [9.17, 15) is 0 Å². The summed E-state index contributed by atoms with van der Waals surface area (Å²) in [5.74, 6) is 0. The smallest absolute Gasteiger partial charge is 0.510 e. The van der Waals surface area contributed by atoms with Crippen LogP contribution < -0.4 is 10.4 Å². The van der Waals surface area contributed by atoms with E-state index in [1.54, 1.807) is 36.4 Å². The van der Waals surface area contributed by atoms with E-state index in [4.69, 9.17) is 16.8 Å². The molecule has 0 aliphatic heterocycles. The molecule has 49 heavy (non-hydrogen) atoms. The van der Waals surface area contributed by atoms with Crippen molar-refractivity contribution < 1.29 is 36.9 Å². The fourth-order valence-electron chi connectivity index (χ4n) is 5.58. The molecule has 0 aliphatic rings. The average molecular weight is 860 g/mol. The van der Waals surface area contributed by atoms with Gasteiger partial charge in [-0.3, -0.25) is 0 Å². The molecule has 7 rings (SSSR count). The maximum Gasteiger partial charge on any atom is 3.00 e. The minimum absolute atomic E-state index is 0. The van der Waals surface area contributed by atoms with Gasteiger partial charge < -0.3 is 9.40 Å². The molecule has 0 saturated carbocycles. The first-order valence-corrected chi connectivity index (χ1v) is 23.0. The van der Waals surface area contributed by atoms with Crippen molar-refractivity contribution in [2.75, 3.05) is 0 Å². The largest absolute Gasteiger partial charge is 3.00 e. The summed E-state index contributed by atoms with van der Waals surface area (Å²) in [5.41, 5.74) is 5.48. The van der Waals surface area contributed by atoms with Crippen molar-refractivity contribution in [3.05, 3.63) is 138 Å². The Morgan fingerprint density at radius 1 is 0.653 bits per heavy atom. The maximum atomic E-state index is 8.26. The van der Waals surface area contributed by atoms with Gasteiger partial charge in [0.25, 0.3) is 0 Å². The molecule has 2 heterocycles. The van der Waals surface area contributed by atoms with Gasteiger partial charge in [0.2, 0.25) is 0 Å². The number of para-hydroxylation sites is 1. The van der Waals surface area contributed by atoms with Crippen molar-refractivity contribution in [3.8, 4) is 33.5 Å². The van der Waals surface area contributed by atoms with Crippen LogP contribution in [-0.2, 0) is 20.1 Å². The monoisotopic (exact) mass is 860 g/mol. The van der Waals surface area contributed by atoms with E-state index >= 15 is 0 Å². The summed E-state index contributed by atoms with van der Waals surface area (Å²) in [7, 11) is -3.15. The van der Waals surface area contributed by atoms with Gasteiger partial charge in [-0.1, -0.05) is 112 Å². The van der Waals surface area contributed by atoms with Gasteiger partial charge in [0.15, 0.2) is 0 Å². The Hall–Kier alpha value is -3.87. The Bertz CT molecular complexity index is 2490. The summed E-state index contributed by atoms with van der Waals surface area (Å²) >= 11 is 0. The van der Waals surface area contributed by atoms with Crippen LogP contribution in [0.1, 0.15) is 29.0 Å². The molecule has 0 spiro atoms. The van der Waals surface area contributed by atoms with Crippen LogP contribution in [0.5, 0.6) is 0 Å². The van der Waals surface area contributed by atoms with Gasteiger partial charge in [-0.15, -0.1) is 52.6 Å². The quantitative estimate of drug-likeness (QED) is 0.127. The number of nitrogens with zero attached hydrogens (tertiary/aromatic N) is 1. The molecule has 0 amide bonds.